The first-order valence-electron chi connectivity index (χ1n) is 12.3. The molecule has 8 heteroatoms. The molecule has 1 unspecified atom stereocenters. The predicted octanol–water partition coefficient (Wildman–Crippen LogP) is 2.07. The van der Waals surface area contributed by atoms with Crippen LogP contribution in [0.25, 0.3) is 0 Å². The maximum atomic E-state index is 14.3. The van der Waals surface area contributed by atoms with Crippen LogP contribution >= 0.6 is 0 Å². The normalized spacial score (nSPS) is 33.4. The molecule has 4 aliphatic heterocycles. The van der Waals surface area contributed by atoms with Gasteiger partial charge in [-0.15, -0.1) is 0 Å². The largest absolute Gasteiger partial charge is 0.461 e. The van der Waals surface area contributed by atoms with Gasteiger partial charge in [-0.25, -0.2) is 0 Å². The Morgan fingerprint density at radius 2 is 1.82 bits per heavy atom. The number of nitrogens with zero attached hydrogens (tertiary/aromatic N) is 2. The molecule has 5 atom stereocenters. The molecule has 2 fully saturated rings. The number of fused-ring (bicyclic) bond motifs is 2. The number of ether oxygens (including phenoxy) is 2. The summed E-state index contributed by atoms with van der Waals surface area (Å²) < 4.78 is 11.9. The van der Waals surface area contributed by atoms with Gasteiger partial charge in [-0.1, -0.05) is 39.0 Å². The number of cyclic esters (lactones) is 1. The first-order chi connectivity index (χ1) is 15.9. The van der Waals surface area contributed by atoms with Gasteiger partial charge in [0.05, 0.1) is 12.0 Å². The molecule has 0 aromatic rings. The van der Waals surface area contributed by atoms with E-state index in [1.165, 1.54) is 0 Å². The molecule has 0 saturated carbocycles. The van der Waals surface area contributed by atoms with E-state index in [9.17, 15) is 19.5 Å². The van der Waals surface area contributed by atoms with Gasteiger partial charge in [0.15, 0.2) is 0 Å². The van der Waals surface area contributed by atoms with Crippen LogP contribution in [0.2, 0.25) is 0 Å². The number of amides is 2. The molecule has 0 aliphatic carbocycles. The van der Waals surface area contributed by atoms with Gasteiger partial charge in [0, 0.05) is 25.2 Å². The maximum Gasteiger partial charge on any atom is 0.313 e. The first kappa shape index (κ1) is 24.9. The van der Waals surface area contributed by atoms with E-state index < -0.39 is 41.1 Å². The van der Waals surface area contributed by atoms with Gasteiger partial charge in [-0.05, 0) is 44.6 Å². The summed E-state index contributed by atoms with van der Waals surface area (Å²) in [6, 6.07) is -0.866. The van der Waals surface area contributed by atoms with Crippen molar-refractivity contribution in [3.8, 4) is 0 Å². The van der Waals surface area contributed by atoms with Crippen molar-refractivity contribution < 1.29 is 29.0 Å². The van der Waals surface area contributed by atoms with Crippen LogP contribution in [-0.2, 0) is 23.9 Å². The van der Waals surface area contributed by atoms with Crippen molar-refractivity contribution in [3.63, 3.8) is 0 Å². The maximum absolute atomic E-state index is 14.3. The van der Waals surface area contributed by atoms with E-state index in [0.29, 0.717) is 25.9 Å². The number of carbonyl (C=O) groups is 3. The van der Waals surface area contributed by atoms with Gasteiger partial charge < -0.3 is 24.4 Å². The highest BCUT2D eigenvalue weighted by Gasteiger charge is 2.72. The molecule has 2 saturated heterocycles. The van der Waals surface area contributed by atoms with Crippen molar-refractivity contribution in [3.05, 3.63) is 24.3 Å². The molecular formula is C26H38N2O6. The summed E-state index contributed by atoms with van der Waals surface area (Å²) in [5, 5.41) is 9.29. The van der Waals surface area contributed by atoms with Crippen molar-refractivity contribution in [1.82, 2.24) is 9.80 Å². The Morgan fingerprint density at radius 3 is 2.50 bits per heavy atom. The average Bonchev–Trinajstić information content (AvgIpc) is 3.00. The molecule has 188 valence electrons. The molecule has 2 amide bonds. The second kappa shape index (κ2) is 8.79. The number of carbonyl (C=O) groups excluding carboxylic acids is 3. The highest BCUT2D eigenvalue weighted by Crippen LogP contribution is 2.53. The second-order valence-corrected chi connectivity index (χ2v) is 11.8. The van der Waals surface area contributed by atoms with Crippen LogP contribution in [0.15, 0.2) is 24.3 Å². The standard InChI is InChI=1S/C26H38N2O6/c1-24(2,3)16-25(4,5)28-13-9-11-26-19(18-17(34-26)10-8-15-33-23(18)32)21(30)27(12-6-7-14-29)20(26)22(28)31/h8-11,17-20,29H,6-7,12-16H2,1-5H3/t17-,18+,19-,20?,26-/m0/s1. The topological polar surface area (TPSA) is 96.4 Å². The number of unbranched alkanes of at least 4 members (excludes halogenated alkanes) is 1. The Labute approximate surface area is 201 Å². The van der Waals surface area contributed by atoms with E-state index >= 15 is 0 Å². The highest BCUT2D eigenvalue weighted by atomic mass is 16.6. The van der Waals surface area contributed by atoms with E-state index in [1.54, 1.807) is 17.1 Å². The summed E-state index contributed by atoms with van der Waals surface area (Å²) in [7, 11) is 0. The number of hydrogen-bond acceptors (Lipinski definition) is 6. The SMILES string of the molecule is CC(C)(C)CC(C)(C)N1CC=C[C@]23O[C@H]4C=CCOC(=O)[C@H]4[C@H]2C(=O)N(CCCCO)C3C1=O. The number of hydrogen-bond donors (Lipinski definition) is 1. The smallest absolute Gasteiger partial charge is 0.313 e. The lowest BCUT2D eigenvalue weighted by Crippen LogP contribution is -2.59. The van der Waals surface area contributed by atoms with Crippen LogP contribution in [0.3, 0.4) is 0 Å². The Balaban J connectivity index is 1.77. The summed E-state index contributed by atoms with van der Waals surface area (Å²) in [5.41, 5.74) is -1.68. The lowest BCUT2D eigenvalue weighted by atomic mass is 9.77. The van der Waals surface area contributed by atoms with Gasteiger partial charge in [0.2, 0.25) is 11.8 Å². The number of aliphatic hydroxyl groups is 1. The lowest BCUT2D eigenvalue weighted by molar-refractivity contribution is -0.154. The van der Waals surface area contributed by atoms with Crippen LogP contribution in [0.5, 0.6) is 0 Å². The molecule has 0 radical (unpaired) electrons. The zero-order valence-electron chi connectivity index (χ0n) is 21.0. The van der Waals surface area contributed by atoms with Crippen LogP contribution in [-0.4, -0.2) is 82.3 Å². The number of aliphatic hydroxyl groups excluding tert-OH is 1. The molecule has 4 heterocycles. The zero-order valence-corrected chi connectivity index (χ0v) is 21.0. The molecular weight excluding hydrogens is 436 g/mol. The Bertz CT molecular complexity index is 903. The molecule has 0 bridgehead atoms. The highest BCUT2D eigenvalue weighted by molar-refractivity contribution is 5.99. The molecule has 1 N–H and O–H groups in total. The minimum Gasteiger partial charge on any atom is -0.461 e. The van der Waals surface area contributed by atoms with E-state index in [4.69, 9.17) is 9.47 Å². The fraction of sp³-hybridized carbons (Fsp3) is 0.731. The van der Waals surface area contributed by atoms with Gasteiger partial charge in [0.25, 0.3) is 0 Å². The van der Waals surface area contributed by atoms with Crippen molar-refractivity contribution in [2.75, 3.05) is 26.3 Å². The summed E-state index contributed by atoms with van der Waals surface area (Å²) in [6.45, 7) is 11.5. The average molecular weight is 475 g/mol. The van der Waals surface area contributed by atoms with E-state index in [1.807, 2.05) is 17.1 Å². The fourth-order valence-corrected chi connectivity index (χ4v) is 6.54. The van der Waals surface area contributed by atoms with Crippen LogP contribution < -0.4 is 0 Å². The van der Waals surface area contributed by atoms with Crippen molar-refractivity contribution in [2.45, 2.75) is 77.2 Å². The molecule has 8 nitrogen and oxygen atoms in total. The van der Waals surface area contributed by atoms with Crippen LogP contribution in [0.4, 0.5) is 0 Å². The van der Waals surface area contributed by atoms with Crippen molar-refractivity contribution >= 4 is 17.8 Å². The number of likely N-dealkylation sites (tertiary alicyclic amines) is 1. The molecule has 1 spiro atoms. The monoisotopic (exact) mass is 474 g/mol. The van der Waals surface area contributed by atoms with Gasteiger partial charge in [-0.2, -0.15) is 0 Å². The van der Waals surface area contributed by atoms with E-state index in [2.05, 4.69) is 34.6 Å². The van der Waals surface area contributed by atoms with E-state index in [0.717, 1.165) is 6.42 Å². The quantitative estimate of drug-likeness (QED) is 0.360. The molecule has 4 aliphatic rings. The summed E-state index contributed by atoms with van der Waals surface area (Å²) in [5.74, 6) is -2.48. The predicted molar refractivity (Wildman–Crippen MR) is 126 cm³/mol. The summed E-state index contributed by atoms with van der Waals surface area (Å²) in [4.78, 5) is 44.5. The van der Waals surface area contributed by atoms with Gasteiger partial charge in [0.1, 0.15) is 24.2 Å². The second-order valence-electron chi connectivity index (χ2n) is 11.8. The molecule has 4 rings (SSSR count). The third-order valence-corrected chi connectivity index (χ3v) is 7.41. The third kappa shape index (κ3) is 4.09. The lowest BCUT2D eigenvalue weighted by Gasteiger charge is -2.44. The van der Waals surface area contributed by atoms with Gasteiger partial charge >= 0.3 is 5.97 Å². The zero-order chi connectivity index (χ0) is 24.9. The summed E-state index contributed by atoms with van der Waals surface area (Å²) >= 11 is 0. The first-order valence-corrected chi connectivity index (χ1v) is 12.3. The molecule has 0 aromatic carbocycles. The van der Waals surface area contributed by atoms with Crippen molar-refractivity contribution in [1.29, 1.82) is 0 Å². The van der Waals surface area contributed by atoms with Crippen LogP contribution in [0.1, 0.15) is 53.9 Å². The summed E-state index contributed by atoms with van der Waals surface area (Å²) in [6.07, 6.45) is 8.54. The third-order valence-electron chi connectivity index (χ3n) is 7.41. The number of esters is 1. The minimum atomic E-state index is -1.23. The number of rotatable bonds is 6. The minimum absolute atomic E-state index is 0.00205. The van der Waals surface area contributed by atoms with Crippen LogP contribution in [0, 0.1) is 17.3 Å². The Kier molecular flexibility index (Phi) is 6.44. The molecule has 34 heavy (non-hydrogen) atoms. The van der Waals surface area contributed by atoms with E-state index in [-0.39, 0.29) is 30.4 Å². The fourth-order valence-electron chi connectivity index (χ4n) is 6.54. The Morgan fingerprint density at radius 1 is 1.09 bits per heavy atom. The van der Waals surface area contributed by atoms with Gasteiger partial charge in [-0.3, -0.25) is 14.4 Å². The van der Waals surface area contributed by atoms with Crippen molar-refractivity contribution in [2.24, 2.45) is 17.3 Å². The molecule has 0 aromatic heterocycles. The Hall–Kier alpha value is -2.19.